The Morgan fingerprint density at radius 2 is 2.10 bits per heavy atom. The van der Waals surface area contributed by atoms with Gasteiger partial charge in [0.15, 0.2) is 0 Å². The molecule has 0 amide bonds. The number of aromatic nitrogens is 3. The lowest BCUT2D eigenvalue weighted by Gasteiger charge is -2.17. The molecule has 2 N–H and O–H groups in total. The monoisotopic (exact) mass is 271 g/mol. The van der Waals surface area contributed by atoms with Gasteiger partial charge in [0.2, 0.25) is 0 Å². The maximum atomic E-state index is 12.1. The Morgan fingerprint density at radius 1 is 1.30 bits per heavy atom. The summed E-state index contributed by atoms with van der Waals surface area (Å²) in [5.41, 5.74) is 7.38. The molecule has 1 saturated heterocycles. The molecule has 1 fully saturated rings. The van der Waals surface area contributed by atoms with Gasteiger partial charge in [-0.25, -0.2) is 9.67 Å². The molecular formula is C14H17N5O. The van der Waals surface area contributed by atoms with Crippen molar-refractivity contribution < 1.29 is 0 Å². The highest BCUT2D eigenvalue weighted by Gasteiger charge is 2.14. The summed E-state index contributed by atoms with van der Waals surface area (Å²) >= 11 is 0. The summed E-state index contributed by atoms with van der Waals surface area (Å²) in [4.78, 5) is 18.3. The van der Waals surface area contributed by atoms with E-state index in [1.165, 1.54) is 17.5 Å². The number of rotatable bonds is 3. The summed E-state index contributed by atoms with van der Waals surface area (Å²) in [5.74, 6) is 0.435. The van der Waals surface area contributed by atoms with Gasteiger partial charge in [0.05, 0.1) is 18.4 Å². The predicted molar refractivity (Wildman–Crippen MR) is 77.7 cm³/mol. The summed E-state index contributed by atoms with van der Waals surface area (Å²) in [5, 5.41) is 4.24. The molecule has 0 atom stereocenters. The normalized spacial score (nSPS) is 14.7. The molecule has 0 radical (unpaired) electrons. The number of nitrogen functional groups attached to an aromatic ring is 1. The lowest BCUT2D eigenvalue weighted by Crippen LogP contribution is -2.26. The summed E-state index contributed by atoms with van der Waals surface area (Å²) in [6.07, 6.45) is 5.73. The maximum Gasteiger partial charge on any atom is 0.269 e. The van der Waals surface area contributed by atoms with Crippen molar-refractivity contribution in [1.29, 1.82) is 0 Å². The van der Waals surface area contributed by atoms with Crippen molar-refractivity contribution >= 4 is 11.5 Å². The molecule has 3 rings (SSSR count). The average molecular weight is 271 g/mol. The minimum atomic E-state index is -0.113. The second-order valence-corrected chi connectivity index (χ2v) is 4.95. The van der Waals surface area contributed by atoms with Gasteiger partial charge in [0.1, 0.15) is 5.82 Å². The Labute approximate surface area is 116 Å². The van der Waals surface area contributed by atoms with Crippen LogP contribution >= 0.6 is 0 Å². The van der Waals surface area contributed by atoms with E-state index in [1.54, 1.807) is 24.5 Å². The van der Waals surface area contributed by atoms with Crippen molar-refractivity contribution in [1.82, 2.24) is 14.8 Å². The van der Waals surface area contributed by atoms with Crippen LogP contribution in [0.5, 0.6) is 0 Å². The molecule has 6 nitrogen and oxygen atoms in total. The minimum absolute atomic E-state index is 0.113. The fourth-order valence-corrected chi connectivity index (χ4v) is 2.44. The van der Waals surface area contributed by atoms with Crippen LogP contribution in [0.3, 0.4) is 0 Å². The van der Waals surface area contributed by atoms with Crippen LogP contribution in [0.15, 0.2) is 35.4 Å². The van der Waals surface area contributed by atoms with Gasteiger partial charge in [-0.3, -0.25) is 4.79 Å². The third kappa shape index (κ3) is 2.49. The van der Waals surface area contributed by atoms with E-state index in [-0.39, 0.29) is 5.56 Å². The molecule has 3 heterocycles. The molecule has 0 aromatic carbocycles. The van der Waals surface area contributed by atoms with Gasteiger partial charge in [-0.15, -0.1) is 0 Å². The van der Waals surface area contributed by atoms with E-state index < -0.39 is 0 Å². The maximum absolute atomic E-state index is 12.1. The van der Waals surface area contributed by atoms with Gasteiger partial charge in [0, 0.05) is 30.9 Å². The zero-order chi connectivity index (χ0) is 13.9. The first-order valence-corrected chi connectivity index (χ1v) is 6.75. The second-order valence-electron chi connectivity index (χ2n) is 4.95. The lowest BCUT2D eigenvalue weighted by molar-refractivity contribution is 0.637. The van der Waals surface area contributed by atoms with Crippen molar-refractivity contribution in [2.24, 2.45) is 0 Å². The van der Waals surface area contributed by atoms with Crippen molar-refractivity contribution in [2.45, 2.75) is 19.4 Å². The molecular weight excluding hydrogens is 254 g/mol. The molecule has 104 valence electrons. The minimum Gasteiger partial charge on any atom is -0.383 e. The number of nitrogens with two attached hydrogens (primary N) is 1. The van der Waals surface area contributed by atoms with Crippen LogP contribution in [0.25, 0.3) is 0 Å². The Kier molecular flexibility index (Phi) is 3.37. The molecule has 6 heteroatoms. The summed E-state index contributed by atoms with van der Waals surface area (Å²) in [7, 11) is 0. The quantitative estimate of drug-likeness (QED) is 0.896. The first kappa shape index (κ1) is 12.7. The van der Waals surface area contributed by atoms with Gasteiger partial charge < -0.3 is 10.6 Å². The summed E-state index contributed by atoms with van der Waals surface area (Å²) in [6.45, 7) is 2.35. The molecule has 1 aliphatic heterocycles. The smallest absolute Gasteiger partial charge is 0.269 e. The van der Waals surface area contributed by atoms with Crippen LogP contribution in [0.4, 0.5) is 11.5 Å². The topological polar surface area (TPSA) is 77.0 Å². The van der Waals surface area contributed by atoms with Crippen molar-refractivity contribution in [2.75, 3.05) is 23.7 Å². The largest absolute Gasteiger partial charge is 0.383 e. The van der Waals surface area contributed by atoms with Gasteiger partial charge in [-0.05, 0) is 18.9 Å². The number of hydrogen-bond donors (Lipinski definition) is 1. The van der Waals surface area contributed by atoms with Crippen LogP contribution < -0.4 is 16.2 Å². The zero-order valence-electron chi connectivity index (χ0n) is 11.2. The molecule has 2 aromatic rings. The molecule has 20 heavy (non-hydrogen) atoms. The van der Waals surface area contributed by atoms with E-state index in [4.69, 9.17) is 5.73 Å². The first-order valence-electron chi connectivity index (χ1n) is 6.75. The van der Waals surface area contributed by atoms with Crippen LogP contribution in [0, 0.1) is 0 Å². The van der Waals surface area contributed by atoms with Crippen LogP contribution in [0.1, 0.15) is 18.4 Å². The van der Waals surface area contributed by atoms with E-state index >= 15 is 0 Å². The highest BCUT2D eigenvalue weighted by atomic mass is 16.1. The molecule has 0 saturated carbocycles. The van der Waals surface area contributed by atoms with Gasteiger partial charge in [0.25, 0.3) is 5.56 Å². The molecule has 0 aliphatic carbocycles. The predicted octanol–water partition coefficient (Wildman–Crippen LogP) is 0.869. The molecule has 0 bridgehead atoms. The van der Waals surface area contributed by atoms with Crippen LogP contribution in [-0.4, -0.2) is 27.9 Å². The number of hydrogen-bond acceptors (Lipinski definition) is 5. The fourth-order valence-electron chi connectivity index (χ4n) is 2.44. The van der Waals surface area contributed by atoms with Crippen molar-refractivity contribution in [3.8, 4) is 0 Å². The molecule has 2 aromatic heterocycles. The zero-order valence-corrected chi connectivity index (χ0v) is 11.2. The highest BCUT2D eigenvalue weighted by Crippen LogP contribution is 2.17. The van der Waals surface area contributed by atoms with Gasteiger partial charge >= 0.3 is 0 Å². The first-order chi connectivity index (χ1) is 9.74. The van der Waals surface area contributed by atoms with Gasteiger partial charge in [-0.1, -0.05) is 6.07 Å². The SMILES string of the molecule is Nc1ncccc1Cn1ncc(N2CCCC2)cc1=O. The Bertz CT molecular complexity index is 661. The second kappa shape index (κ2) is 5.32. The van der Waals surface area contributed by atoms with E-state index in [2.05, 4.69) is 15.0 Å². The molecule has 1 aliphatic rings. The van der Waals surface area contributed by atoms with E-state index in [9.17, 15) is 4.79 Å². The fraction of sp³-hybridized carbons (Fsp3) is 0.357. The Morgan fingerprint density at radius 3 is 2.80 bits per heavy atom. The molecule has 0 unspecified atom stereocenters. The van der Waals surface area contributed by atoms with E-state index in [1.807, 2.05) is 6.07 Å². The number of anilines is 2. The number of pyridine rings is 1. The van der Waals surface area contributed by atoms with E-state index in [0.29, 0.717) is 12.4 Å². The third-order valence-electron chi connectivity index (χ3n) is 3.57. The summed E-state index contributed by atoms with van der Waals surface area (Å²) in [6, 6.07) is 5.30. The van der Waals surface area contributed by atoms with Crippen LogP contribution in [0.2, 0.25) is 0 Å². The van der Waals surface area contributed by atoms with Crippen LogP contribution in [-0.2, 0) is 6.54 Å². The van der Waals surface area contributed by atoms with Crippen molar-refractivity contribution in [3.05, 3.63) is 46.5 Å². The standard InChI is InChI=1S/C14H17N5O/c15-14-11(4-3-5-16-14)10-19-13(20)8-12(9-17-19)18-6-1-2-7-18/h3-5,8-9H,1-2,6-7,10H2,(H2,15,16). The number of nitrogens with zero attached hydrogens (tertiary/aromatic N) is 4. The molecule has 0 spiro atoms. The Hall–Kier alpha value is -2.37. The lowest BCUT2D eigenvalue weighted by atomic mass is 10.2. The third-order valence-corrected chi connectivity index (χ3v) is 3.57. The highest BCUT2D eigenvalue weighted by molar-refractivity contribution is 5.44. The van der Waals surface area contributed by atoms with E-state index in [0.717, 1.165) is 24.3 Å². The average Bonchev–Trinajstić information content (AvgIpc) is 2.97. The van der Waals surface area contributed by atoms with Crippen molar-refractivity contribution in [3.63, 3.8) is 0 Å². The Balaban J connectivity index is 1.84. The summed E-state index contributed by atoms with van der Waals surface area (Å²) < 4.78 is 1.41. The van der Waals surface area contributed by atoms with Gasteiger partial charge in [-0.2, -0.15) is 5.10 Å².